The molecule has 1 aromatic heterocycles. The quantitative estimate of drug-likeness (QED) is 0.893. The number of fused-ring (bicyclic) bond motifs is 1. The summed E-state index contributed by atoms with van der Waals surface area (Å²) in [6.07, 6.45) is 2.48. The first-order chi connectivity index (χ1) is 11.3. The minimum Gasteiger partial charge on any atom is -0.342 e. The molecule has 0 unspecified atom stereocenters. The summed E-state index contributed by atoms with van der Waals surface area (Å²) < 4.78 is 0. The lowest BCUT2D eigenvalue weighted by Crippen LogP contribution is -2.43. The number of benzene rings is 1. The Morgan fingerprint density at radius 2 is 1.87 bits per heavy atom. The number of hydrogen-bond acceptors (Lipinski definition) is 4. The molecule has 2 aliphatic rings. The number of aromatic nitrogens is 2. The van der Waals surface area contributed by atoms with Crippen molar-refractivity contribution in [2.24, 2.45) is 0 Å². The predicted octanol–water partition coefficient (Wildman–Crippen LogP) is 3.90. The largest absolute Gasteiger partial charge is 0.342 e. The van der Waals surface area contributed by atoms with Gasteiger partial charge in [-0.2, -0.15) is 23.5 Å². The van der Waals surface area contributed by atoms with E-state index in [1.807, 2.05) is 0 Å². The highest BCUT2D eigenvalue weighted by Gasteiger charge is 2.28. The van der Waals surface area contributed by atoms with Crippen molar-refractivity contribution in [3.63, 3.8) is 0 Å². The Kier molecular flexibility index (Phi) is 4.88. The summed E-state index contributed by atoms with van der Waals surface area (Å²) in [7, 11) is 0. The van der Waals surface area contributed by atoms with Crippen LogP contribution in [0.1, 0.15) is 30.1 Å². The molecule has 3 heterocycles. The average Bonchev–Trinajstić information content (AvgIpc) is 2.80. The van der Waals surface area contributed by atoms with Gasteiger partial charge in [0.15, 0.2) is 0 Å². The van der Waals surface area contributed by atoms with Crippen LogP contribution < -0.4 is 0 Å². The van der Waals surface area contributed by atoms with Crippen molar-refractivity contribution in [3.05, 3.63) is 29.6 Å². The van der Waals surface area contributed by atoms with Gasteiger partial charge in [0, 0.05) is 35.0 Å². The van der Waals surface area contributed by atoms with Gasteiger partial charge >= 0.3 is 0 Å². The van der Waals surface area contributed by atoms with Crippen LogP contribution in [0.3, 0.4) is 0 Å². The molecule has 1 aromatic carbocycles. The van der Waals surface area contributed by atoms with Crippen molar-refractivity contribution in [1.82, 2.24) is 14.9 Å². The topological polar surface area (TPSA) is 31.9 Å². The standard InChI is InChI=1S/C18H25N3S2/c1-13-2-3-16-17(10-13)20-18(19-16)14-4-6-21(7-5-14)15-11-22-8-9-23-12-15/h2-3,10,14-15H,4-9,11-12H2,1H3,(H,19,20). The van der Waals surface area contributed by atoms with Gasteiger partial charge in [0.25, 0.3) is 0 Å². The summed E-state index contributed by atoms with van der Waals surface area (Å²) in [5.41, 5.74) is 3.61. The number of thioether (sulfide) groups is 2. The number of aromatic amines is 1. The van der Waals surface area contributed by atoms with Crippen LogP contribution in [0.4, 0.5) is 0 Å². The van der Waals surface area contributed by atoms with Crippen LogP contribution in [0.2, 0.25) is 0 Å². The van der Waals surface area contributed by atoms with Gasteiger partial charge < -0.3 is 4.98 Å². The van der Waals surface area contributed by atoms with E-state index in [1.165, 1.54) is 65.8 Å². The highest BCUT2D eigenvalue weighted by atomic mass is 32.2. The zero-order chi connectivity index (χ0) is 15.6. The number of hydrogen-bond donors (Lipinski definition) is 1. The molecule has 4 rings (SSSR count). The first kappa shape index (κ1) is 15.9. The third-order valence-corrected chi connectivity index (χ3v) is 7.57. The van der Waals surface area contributed by atoms with E-state index in [1.54, 1.807) is 0 Å². The maximum atomic E-state index is 4.85. The smallest absolute Gasteiger partial charge is 0.110 e. The first-order valence-electron chi connectivity index (χ1n) is 8.65. The van der Waals surface area contributed by atoms with Gasteiger partial charge in [0.2, 0.25) is 0 Å². The van der Waals surface area contributed by atoms with E-state index in [4.69, 9.17) is 4.98 Å². The van der Waals surface area contributed by atoms with Crippen molar-refractivity contribution < 1.29 is 0 Å². The Morgan fingerprint density at radius 1 is 1.13 bits per heavy atom. The Balaban J connectivity index is 1.41. The number of nitrogens with one attached hydrogen (secondary N) is 1. The van der Waals surface area contributed by atoms with Gasteiger partial charge in [0.05, 0.1) is 11.0 Å². The van der Waals surface area contributed by atoms with E-state index in [0.717, 1.165) is 11.6 Å². The van der Waals surface area contributed by atoms with Crippen LogP contribution in [0.15, 0.2) is 18.2 Å². The lowest BCUT2D eigenvalue weighted by Gasteiger charge is -2.36. The molecule has 2 saturated heterocycles. The SMILES string of the molecule is Cc1ccc2nc(C3CCN(C4CSCCSC4)CC3)[nH]c2c1. The lowest BCUT2D eigenvalue weighted by molar-refractivity contribution is 0.175. The van der Waals surface area contributed by atoms with Crippen molar-refractivity contribution >= 4 is 34.6 Å². The molecule has 124 valence electrons. The maximum Gasteiger partial charge on any atom is 0.110 e. The molecule has 2 aliphatic heterocycles. The molecule has 0 saturated carbocycles. The summed E-state index contributed by atoms with van der Waals surface area (Å²) in [5.74, 6) is 7.11. The van der Waals surface area contributed by atoms with Gasteiger partial charge in [-0.25, -0.2) is 4.98 Å². The van der Waals surface area contributed by atoms with Gasteiger partial charge in [-0.15, -0.1) is 0 Å². The fourth-order valence-electron chi connectivity index (χ4n) is 3.69. The van der Waals surface area contributed by atoms with Gasteiger partial charge in [0.1, 0.15) is 5.82 Å². The number of imidazole rings is 1. The molecule has 3 nitrogen and oxygen atoms in total. The van der Waals surface area contributed by atoms with Crippen LogP contribution in [-0.2, 0) is 0 Å². The van der Waals surface area contributed by atoms with E-state index in [0.29, 0.717) is 5.92 Å². The van der Waals surface area contributed by atoms with E-state index in [9.17, 15) is 0 Å². The van der Waals surface area contributed by atoms with Crippen molar-refractivity contribution in [1.29, 1.82) is 0 Å². The molecule has 0 amide bonds. The Labute approximate surface area is 147 Å². The van der Waals surface area contributed by atoms with Gasteiger partial charge in [-0.3, -0.25) is 4.90 Å². The molecule has 23 heavy (non-hydrogen) atoms. The van der Waals surface area contributed by atoms with E-state index in [-0.39, 0.29) is 0 Å². The Morgan fingerprint density at radius 3 is 2.61 bits per heavy atom. The fourth-order valence-corrected chi connectivity index (χ4v) is 6.32. The molecule has 0 bridgehead atoms. The second-order valence-electron chi connectivity index (χ2n) is 6.76. The third-order valence-electron chi connectivity index (χ3n) is 5.08. The Hall–Kier alpha value is -0.650. The van der Waals surface area contributed by atoms with E-state index >= 15 is 0 Å². The molecule has 5 heteroatoms. The van der Waals surface area contributed by atoms with Crippen LogP contribution in [0.5, 0.6) is 0 Å². The number of nitrogens with zero attached hydrogens (tertiary/aromatic N) is 2. The summed E-state index contributed by atoms with van der Waals surface area (Å²) in [6, 6.07) is 7.28. The van der Waals surface area contributed by atoms with E-state index < -0.39 is 0 Å². The van der Waals surface area contributed by atoms with Crippen LogP contribution >= 0.6 is 23.5 Å². The van der Waals surface area contributed by atoms with Gasteiger partial charge in [-0.05, 0) is 50.6 Å². The van der Waals surface area contributed by atoms with E-state index in [2.05, 4.69) is 58.5 Å². The molecule has 2 fully saturated rings. The summed E-state index contributed by atoms with van der Waals surface area (Å²) in [4.78, 5) is 11.2. The molecule has 0 spiro atoms. The normalized spacial score (nSPS) is 22.5. The zero-order valence-electron chi connectivity index (χ0n) is 13.8. The minimum absolute atomic E-state index is 0.602. The fraction of sp³-hybridized carbons (Fsp3) is 0.611. The molecular formula is C18H25N3S2. The summed E-state index contributed by atoms with van der Waals surface area (Å²) in [6.45, 7) is 4.60. The van der Waals surface area contributed by atoms with Gasteiger partial charge in [-0.1, -0.05) is 6.07 Å². The van der Waals surface area contributed by atoms with Crippen molar-refractivity contribution in [2.75, 3.05) is 36.1 Å². The molecule has 1 N–H and O–H groups in total. The number of aryl methyl sites for hydroxylation is 1. The lowest BCUT2D eigenvalue weighted by atomic mass is 9.95. The predicted molar refractivity (Wildman–Crippen MR) is 103 cm³/mol. The highest BCUT2D eigenvalue weighted by molar-refractivity contribution is 8.03. The van der Waals surface area contributed by atoms with Crippen LogP contribution in [0.25, 0.3) is 11.0 Å². The minimum atomic E-state index is 0.602. The van der Waals surface area contributed by atoms with Crippen LogP contribution in [-0.4, -0.2) is 57.0 Å². The molecule has 0 radical (unpaired) electrons. The molecular weight excluding hydrogens is 322 g/mol. The second-order valence-corrected chi connectivity index (χ2v) is 9.06. The van der Waals surface area contributed by atoms with Crippen molar-refractivity contribution in [2.45, 2.75) is 31.7 Å². The van der Waals surface area contributed by atoms with Crippen LogP contribution in [0, 0.1) is 6.92 Å². The number of rotatable bonds is 2. The third kappa shape index (κ3) is 3.57. The van der Waals surface area contributed by atoms with Crippen molar-refractivity contribution in [3.8, 4) is 0 Å². The maximum absolute atomic E-state index is 4.85. The Bertz CT molecular complexity index is 653. The average molecular weight is 348 g/mol. The molecule has 0 atom stereocenters. The summed E-state index contributed by atoms with van der Waals surface area (Å²) >= 11 is 4.28. The number of piperidine rings is 1. The summed E-state index contributed by atoms with van der Waals surface area (Å²) in [5, 5.41) is 0. The number of H-pyrrole nitrogens is 1. The first-order valence-corrected chi connectivity index (χ1v) is 11.0. The number of likely N-dealkylation sites (tertiary alicyclic amines) is 1. The second kappa shape index (κ2) is 7.08. The molecule has 2 aromatic rings. The zero-order valence-corrected chi connectivity index (χ0v) is 15.4. The molecule has 0 aliphatic carbocycles. The monoisotopic (exact) mass is 347 g/mol. The highest BCUT2D eigenvalue weighted by Crippen LogP contribution is 2.30.